The van der Waals surface area contributed by atoms with E-state index in [2.05, 4.69) is 12.2 Å². The highest BCUT2D eigenvalue weighted by Gasteiger charge is 2.24. The van der Waals surface area contributed by atoms with Gasteiger partial charge < -0.3 is 14.8 Å². The van der Waals surface area contributed by atoms with Crippen LogP contribution >= 0.6 is 0 Å². The Hall–Kier alpha value is -2.31. The summed E-state index contributed by atoms with van der Waals surface area (Å²) in [5.74, 6) is 0.0644. The second kappa shape index (κ2) is 8.86. The van der Waals surface area contributed by atoms with E-state index >= 15 is 0 Å². The van der Waals surface area contributed by atoms with Gasteiger partial charge in [-0.2, -0.15) is 0 Å². The maximum Gasteiger partial charge on any atom is 0.286 e. The standard InChI is InChI=1S/C15H22N2O5/c1-4-6-7-8-16-15(18)11-9-13(21-3)14(22-5-2)10-12(11)17(19)20/h9-10H,4-8H2,1-3H3,(H,16,18). The number of nitro groups is 1. The van der Waals surface area contributed by atoms with Gasteiger partial charge in [-0.15, -0.1) is 0 Å². The molecule has 0 saturated heterocycles. The summed E-state index contributed by atoms with van der Waals surface area (Å²) >= 11 is 0. The summed E-state index contributed by atoms with van der Waals surface area (Å²) in [6.45, 7) is 4.65. The lowest BCUT2D eigenvalue weighted by Gasteiger charge is -2.12. The molecule has 7 nitrogen and oxygen atoms in total. The summed E-state index contributed by atoms with van der Waals surface area (Å²) in [6, 6.07) is 2.57. The molecule has 1 amide bonds. The van der Waals surface area contributed by atoms with Crippen LogP contribution in [0.15, 0.2) is 12.1 Å². The van der Waals surface area contributed by atoms with Crippen molar-refractivity contribution in [2.24, 2.45) is 0 Å². The first kappa shape index (κ1) is 17.7. The molecule has 0 heterocycles. The molecule has 1 aromatic carbocycles. The number of carbonyl (C=O) groups is 1. The third-order valence-corrected chi connectivity index (χ3v) is 3.09. The molecule has 1 N–H and O–H groups in total. The molecule has 0 unspecified atom stereocenters. The Balaban J connectivity index is 3.05. The van der Waals surface area contributed by atoms with E-state index < -0.39 is 10.8 Å². The van der Waals surface area contributed by atoms with Crippen molar-refractivity contribution >= 4 is 11.6 Å². The zero-order valence-electron chi connectivity index (χ0n) is 13.2. The summed E-state index contributed by atoms with van der Waals surface area (Å²) in [7, 11) is 1.42. The molecule has 0 radical (unpaired) electrons. The van der Waals surface area contributed by atoms with Gasteiger partial charge in [-0.25, -0.2) is 0 Å². The van der Waals surface area contributed by atoms with Gasteiger partial charge in [0.1, 0.15) is 5.56 Å². The first-order valence-corrected chi connectivity index (χ1v) is 7.32. The molecule has 0 saturated carbocycles. The number of methoxy groups -OCH3 is 1. The van der Waals surface area contributed by atoms with Crippen LogP contribution in [-0.2, 0) is 0 Å². The molecule has 0 aliphatic carbocycles. The summed E-state index contributed by atoms with van der Waals surface area (Å²) in [6.07, 6.45) is 2.87. The fourth-order valence-corrected chi connectivity index (χ4v) is 1.98. The third kappa shape index (κ3) is 4.61. The molecule has 0 aromatic heterocycles. The molecule has 0 fully saturated rings. The van der Waals surface area contributed by atoms with Crippen molar-refractivity contribution < 1.29 is 19.2 Å². The average molecular weight is 310 g/mol. The number of amides is 1. The van der Waals surface area contributed by atoms with Crippen molar-refractivity contribution in [2.45, 2.75) is 33.1 Å². The molecule has 7 heteroatoms. The predicted molar refractivity (Wildman–Crippen MR) is 82.7 cm³/mol. The van der Waals surface area contributed by atoms with Gasteiger partial charge in [0.2, 0.25) is 0 Å². The van der Waals surface area contributed by atoms with Crippen LogP contribution in [-0.4, -0.2) is 31.1 Å². The summed E-state index contributed by atoms with van der Waals surface area (Å²) < 4.78 is 10.4. The molecule has 1 rings (SSSR count). The highest BCUT2D eigenvalue weighted by molar-refractivity contribution is 5.99. The van der Waals surface area contributed by atoms with Crippen LogP contribution in [0, 0.1) is 10.1 Å². The largest absolute Gasteiger partial charge is 0.493 e. The second-order valence-corrected chi connectivity index (χ2v) is 4.67. The van der Waals surface area contributed by atoms with Crippen LogP contribution in [0.3, 0.4) is 0 Å². The molecule has 0 aliphatic heterocycles. The lowest BCUT2D eigenvalue weighted by atomic mass is 10.1. The Labute approximate surface area is 129 Å². The van der Waals surface area contributed by atoms with Gasteiger partial charge in [-0.05, 0) is 13.3 Å². The minimum Gasteiger partial charge on any atom is -0.493 e. The Kier molecular flexibility index (Phi) is 7.15. The highest BCUT2D eigenvalue weighted by Crippen LogP contribution is 2.34. The number of rotatable bonds is 9. The summed E-state index contributed by atoms with van der Waals surface area (Å²) in [5, 5.41) is 13.9. The van der Waals surface area contributed by atoms with Crippen LogP contribution in [0.1, 0.15) is 43.5 Å². The summed E-state index contributed by atoms with van der Waals surface area (Å²) in [4.78, 5) is 22.8. The monoisotopic (exact) mass is 310 g/mol. The zero-order valence-corrected chi connectivity index (χ0v) is 13.2. The number of nitrogens with one attached hydrogen (secondary N) is 1. The average Bonchev–Trinajstić information content (AvgIpc) is 2.51. The number of benzene rings is 1. The van der Waals surface area contributed by atoms with Crippen LogP contribution in [0.25, 0.3) is 0 Å². The number of nitrogens with zero attached hydrogens (tertiary/aromatic N) is 1. The van der Waals surface area contributed by atoms with Crippen LogP contribution < -0.4 is 14.8 Å². The molecule has 0 atom stereocenters. The van der Waals surface area contributed by atoms with Gasteiger partial charge in [-0.1, -0.05) is 19.8 Å². The minimum atomic E-state index is -0.594. The van der Waals surface area contributed by atoms with Crippen LogP contribution in [0.4, 0.5) is 5.69 Å². The quantitative estimate of drug-likeness (QED) is 0.430. The molecule has 22 heavy (non-hydrogen) atoms. The van der Waals surface area contributed by atoms with E-state index in [0.29, 0.717) is 18.9 Å². The Morgan fingerprint density at radius 1 is 1.27 bits per heavy atom. The first-order valence-electron chi connectivity index (χ1n) is 7.32. The molecular formula is C15H22N2O5. The van der Waals surface area contributed by atoms with E-state index in [0.717, 1.165) is 19.3 Å². The van der Waals surface area contributed by atoms with E-state index in [4.69, 9.17) is 9.47 Å². The topological polar surface area (TPSA) is 90.7 Å². The van der Waals surface area contributed by atoms with Crippen molar-refractivity contribution in [1.29, 1.82) is 0 Å². The van der Waals surface area contributed by atoms with E-state index in [1.807, 2.05) is 0 Å². The number of nitro benzene ring substituents is 1. The number of hydrogen-bond donors (Lipinski definition) is 1. The molecule has 0 aliphatic rings. The van der Waals surface area contributed by atoms with Gasteiger partial charge >= 0.3 is 0 Å². The molecule has 122 valence electrons. The SMILES string of the molecule is CCCCCNC(=O)c1cc(OC)c(OCC)cc1[N+](=O)[O-]. The lowest BCUT2D eigenvalue weighted by molar-refractivity contribution is -0.385. The van der Waals surface area contributed by atoms with Crippen molar-refractivity contribution in [1.82, 2.24) is 5.32 Å². The molecule has 0 bridgehead atoms. The van der Waals surface area contributed by atoms with E-state index in [1.165, 1.54) is 19.2 Å². The fraction of sp³-hybridized carbons (Fsp3) is 0.533. The second-order valence-electron chi connectivity index (χ2n) is 4.67. The van der Waals surface area contributed by atoms with Gasteiger partial charge in [0.15, 0.2) is 11.5 Å². The zero-order chi connectivity index (χ0) is 16.5. The fourth-order valence-electron chi connectivity index (χ4n) is 1.98. The van der Waals surface area contributed by atoms with Gasteiger partial charge in [0, 0.05) is 12.6 Å². The number of hydrogen-bond acceptors (Lipinski definition) is 5. The highest BCUT2D eigenvalue weighted by atomic mass is 16.6. The van der Waals surface area contributed by atoms with Gasteiger partial charge in [0.05, 0.1) is 24.7 Å². The number of carbonyl (C=O) groups excluding carboxylic acids is 1. The van der Waals surface area contributed by atoms with Crippen molar-refractivity contribution in [3.63, 3.8) is 0 Å². The maximum absolute atomic E-state index is 12.2. The van der Waals surface area contributed by atoms with E-state index in [1.54, 1.807) is 6.92 Å². The van der Waals surface area contributed by atoms with Crippen LogP contribution in [0.2, 0.25) is 0 Å². The Morgan fingerprint density at radius 2 is 2.00 bits per heavy atom. The van der Waals surface area contributed by atoms with Crippen molar-refractivity contribution in [2.75, 3.05) is 20.3 Å². The third-order valence-electron chi connectivity index (χ3n) is 3.09. The smallest absolute Gasteiger partial charge is 0.286 e. The Bertz CT molecular complexity index is 531. The molecular weight excluding hydrogens is 288 g/mol. The van der Waals surface area contributed by atoms with E-state index in [-0.39, 0.29) is 17.0 Å². The number of unbranched alkanes of at least 4 members (excludes halogenated alkanes) is 2. The summed E-state index contributed by atoms with van der Waals surface area (Å²) in [5.41, 5.74) is -0.320. The normalized spacial score (nSPS) is 10.1. The van der Waals surface area contributed by atoms with Gasteiger partial charge in [-0.3, -0.25) is 14.9 Å². The number of ether oxygens (including phenoxy) is 2. The van der Waals surface area contributed by atoms with Gasteiger partial charge in [0.25, 0.3) is 11.6 Å². The maximum atomic E-state index is 12.2. The Morgan fingerprint density at radius 3 is 2.55 bits per heavy atom. The molecule has 1 aromatic rings. The van der Waals surface area contributed by atoms with Crippen molar-refractivity contribution in [3.05, 3.63) is 27.8 Å². The minimum absolute atomic E-state index is 0.0261. The molecule has 0 spiro atoms. The van der Waals surface area contributed by atoms with E-state index in [9.17, 15) is 14.9 Å². The van der Waals surface area contributed by atoms with Crippen LogP contribution in [0.5, 0.6) is 11.5 Å². The predicted octanol–water partition coefficient (Wildman–Crippen LogP) is 2.92. The lowest BCUT2D eigenvalue weighted by Crippen LogP contribution is -2.25. The van der Waals surface area contributed by atoms with Crippen molar-refractivity contribution in [3.8, 4) is 11.5 Å². The first-order chi connectivity index (χ1) is 10.5.